The largest absolute Gasteiger partial charge is 0.573 e. The molecule has 0 radical (unpaired) electrons. The summed E-state index contributed by atoms with van der Waals surface area (Å²) in [7, 11) is 0. The number of ether oxygens (including phenoxy) is 1. The quantitative estimate of drug-likeness (QED) is 0.782. The molecular formula is C9H9F4NO. The summed E-state index contributed by atoms with van der Waals surface area (Å²) >= 11 is 0. The van der Waals surface area contributed by atoms with E-state index < -0.39 is 24.0 Å². The van der Waals surface area contributed by atoms with Crippen LogP contribution in [0, 0.1) is 5.82 Å². The minimum atomic E-state index is -4.91. The topological polar surface area (TPSA) is 35.2 Å². The average Bonchev–Trinajstić information content (AvgIpc) is 2.05. The Kier molecular flexibility index (Phi) is 3.18. The molecule has 1 unspecified atom stereocenters. The van der Waals surface area contributed by atoms with Gasteiger partial charge in [-0.05, 0) is 13.0 Å². The highest BCUT2D eigenvalue weighted by Gasteiger charge is 2.32. The molecule has 0 saturated heterocycles. The van der Waals surface area contributed by atoms with E-state index in [9.17, 15) is 17.6 Å². The molecule has 1 aromatic carbocycles. The van der Waals surface area contributed by atoms with Gasteiger partial charge >= 0.3 is 6.36 Å². The van der Waals surface area contributed by atoms with Crippen LogP contribution in [0.5, 0.6) is 5.75 Å². The molecule has 0 amide bonds. The molecule has 1 rings (SSSR count). The van der Waals surface area contributed by atoms with Gasteiger partial charge in [0, 0.05) is 11.6 Å². The average molecular weight is 223 g/mol. The summed E-state index contributed by atoms with van der Waals surface area (Å²) in [5, 5.41) is 0. The third kappa shape index (κ3) is 3.09. The zero-order chi connectivity index (χ0) is 11.6. The second-order valence-electron chi connectivity index (χ2n) is 3.00. The summed E-state index contributed by atoms with van der Waals surface area (Å²) < 4.78 is 52.3. The molecule has 0 aromatic heterocycles. The molecule has 2 N–H and O–H groups in total. The van der Waals surface area contributed by atoms with Gasteiger partial charge in [-0.3, -0.25) is 0 Å². The van der Waals surface area contributed by atoms with Crippen LogP contribution in [-0.4, -0.2) is 6.36 Å². The third-order valence-electron chi connectivity index (χ3n) is 1.71. The lowest BCUT2D eigenvalue weighted by Crippen LogP contribution is -2.19. The van der Waals surface area contributed by atoms with Crippen LogP contribution in [0.3, 0.4) is 0 Å². The van der Waals surface area contributed by atoms with Crippen molar-refractivity contribution in [1.29, 1.82) is 0 Å². The van der Waals surface area contributed by atoms with Gasteiger partial charge in [-0.1, -0.05) is 12.1 Å². The van der Waals surface area contributed by atoms with Crippen molar-refractivity contribution < 1.29 is 22.3 Å². The standard InChI is InChI=1S/C9H9F4NO/c1-5(14)6-3-2-4-7(8(6)10)15-9(11,12)13/h2-5H,14H2,1H3. The van der Waals surface area contributed by atoms with Gasteiger partial charge < -0.3 is 10.5 Å². The Balaban J connectivity index is 3.05. The Morgan fingerprint density at radius 1 is 1.33 bits per heavy atom. The Morgan fingerprint density at radius 3 is 2.40 bits per heavy atom. The number of alkyl halides is 3. The summed E-state index contributed by atoms with van der Waals surface area (Å²) in [6.45, 7) is 1.47. The van der Waals surface area contributed by atoms with Crippen LogP contribution < -0.4 is 10.5 Å². The van der Waals surface area contributed by atoms with Crippen molar-refractivity contribution in [3.05, 3.63) is 29.6 Å². The van der Waals surface area contributed by atoms with Crippen molar-refractivity contribution in [3.8, 4) is 5.75 Å². The van der Waals surface area contributed by atoms with Gasteiger partial charge in [0.25, 0.3) is 0 Å². The van der Waals surface area contributed by atoms with E-state index in [2.05, 4.69) is 4.74 Å². The van der Waals surface area contributed by atoms with Crippen LogP contribution >= 0.6 is 0 Å². The molecule has 0 aliphatic heterocycles. The van der Waals surface area contributed by atoms with E-state index in [1.54, 1.807) is 0 Å². The van der Waals surface area contributed by atoms with E-state index in [1.807, 2.05) is 0 Å². The number of hydrogen-bond donors (Lipinski definition) is 1. The molecule has 2 nitrogen and oxygen atoms in total. The Bertz CT molecular complexity index is 348. The van der Waals surface area contributed by atoms with E-state index in [4.69, 9.17) is 5.73 Å². The summed E-state index contributed by atoms with van der Waals surface area (Å²) in [4.78, 5) is 0. The van der Waals surface area contributed by atoms with Crippen molar-refractivity contribution in [2.75, 3.05) is 0 Å². The highest BCUT2D eigenvalue weighted by Crippen LogP contribution is 2.28. The molecule has 6 heteroatoms. The number of hydrogen-bond acceptors (Lipinski definition) is 2. The maximum Gasteiger partial charge on any atom is 0.573 e. The molecule has 0 bridgehead atoms. The van der Waals surface area contributed by atoms with Crippen LogP contribution in [0.25, 0.3) is 0 Å². The van der Waals surface area contributed by atoms with Gasteiger partial charge in [0.2, 0.25) is 0 Å². The van der Waals surface area contributed by atoms with E-state index >= 15 is 0 Å². The normalized spacial score (nSPS) is 13.7. The highest BCUT2D eigenvalue weighted by molar-refractivity contribution is 5.32. The monoisotopic (exact) mass is 223 g/mol. The molecule has 0 aliphatic carbocycles. The van der Waals surface area contributed by atoms with Crippen molar-refractivity contribution in [2.24, 2.45) is 5.73 Å². The lowest BCUT2D eigenvalue weighted by molar-refractivity contribution is -0.275. The van der Waals surface area contributed by atoms with Crippen LogP contribution in [0.2, 0.25) is 0 Å². The number of rotatable bonds is 2. The number of halogens is 4. The van der Waals surface area contributed by atoms with Gasteiger partial charge in [0.15, 0.2) is 11.6 Å². The van der Waals surface area contributed by atoms with Gasteiger partial charge in [0.1, 0.15) is 0 Å². The maximum absolute atomic E-state index is 13.3. The zero-order valence-corrected chi connectivity index (χ0v) is 7.81. The minimum absolute atomic E-state index is 0.0169. The predicted molar refractivity (Wildman–Crippen MR) is 45.7 cm³/mol. The first-order valence-electron chi connectivity index (χ1n) is 4.11. The van der Waals surface area contributed by atoms with Crippen molar-refractivity contribution >= 4 is 0 Å². The van der Waals surface area contributed by atoms with Crippen LogP contribution in [0.15, 0.2) is 18.2 Å². The molecule has 0 heterocycles. The van der Waals surface area contributed by atoms with E-state index in [-0.39, 0.29) is 5.56 Å². The fraction of sp³-hybridized carbons (Fsp3) is 0.333. The van der Waals surface area contributed by atoms with E-state index in [1.165, 1.54) is 19.1 Å². The van der Waals surface area contributed by atoms with Crippen LogP contribution in [0.1, 0.15) is 18.5 Å². The second kappa shape index (κ2) is 4.06. The SMILES string of the molecule is CC(N)c1cccc(OC(F)(F)F)c1F. The minimum Gasteiger partial charge on any atom is -0.403 e. The fourth-order valence-corrected chi connectivity index (χ4v) is 1.08. The summed E-state index contributed by atoms with van der Waals surface area (Å²) in [6.07, 6.45) is -4.91. The molecule has 0 spiro atoms. The van der Waals surface area contributed by atoms with Crippen LogP contribution in [-0.2, 0) is 0 Å². The first kappa shape index (κ1) is 11.8. The maximum atomic E-state index is 13.3. The predicted octanol–water partition coefficient (Wildman–Crippen LogP) is 2.74. The summed E-state index contributed by atoms with van der Waals surface area (Å²) in [6, 6.07) is 2.77. The first-order chi connectivity index (χ1) is 6.81. The number of benzene rings is 1. The third-order valence-corrected chi connectivity index (χ3v) is 1.71. The van der Waals surface area contributed by atoms with Crippen molar-refractivity contribution in [2.45, 2.75) is 19.3 Å². The molecule has 0 aliphatic rings. The van der Waals surface area contributed by atoms with Gasteiger partial charge in [-0.25, -0.2) is 4.39 Å². The van der Waals surface area contributed by atoms with E-state index in [0.717, 1.165) is 6.07 Å². The van der Waals surface area contributed by atoms with Gasteiger partial charge in [0.05, 0.1) is 0 Å². The number of nitrogens with two attached hydrogens (primary N) is 1. The van der Waals surface area contributed by atoms with Gasteiger partial charge in [-0.15, -0.1) is 13.2 Å². The van der Waals surface area contributed by atoms with Crippen molar-refractivity contribution in [1.82, 2.24) is 0 Å². The molecule has 0 saturated carbocycles. The van der Waals surface area contributed by atoms with Gasteiger partial charge in [-0.2, -0.15) is 0 Å². The molecular weight excluding hydrogens is 214 g/mol. The fourth-order valence-electron chi connectivity index (χ4n) is 1.08. The zero-order valence-electron chi connectivity index (χ0n) is 7.81. The lowest BCUT2D eigenvalue weighted by atomic mass is 10.1. The van der Waals surface area contributed by atoms with Crippen molar-refractivity contribution in [3.63, 3.8) is 0 Å². The van der Waals surface area contributed by atoms with Crippen LogP contribution in [0.4, 0.5) is 17.6 Å². The van der Waals surface area contributed by atoms with E-state index in [0.29, 0.717) is 0 Å². The smallest absolute Gasteiger partial charge is 0.403 e. The summed E-state index contributed by atoms with van der Waals surface area (Å²) in [5.74, 6) is -1.94. The first-order valence-corrected chi connectivity index (χ1v) is 4.11. The Labute approximate surface area is 83.6 Å². The lowest BCUT2D eigenvalue weighted by Gasteiger charge is -2.13. The molecule has 0 fully saturated rings. The Morgan fingerprint density at radius 2 is 1.93 bits per heavy atom. The highest BCUT2D eigenvalue weighted by atomic mass is 19.4. The molecule has 1 atom stereocenters. The molecule has 15 heavy (non-hydrogen) atoms. The second-order valence-corrected chi connectivity index (χ2v) is 3.00. The Hall–Kier alpha value is -1.30. The summed E-state index contributed by atoms with van der Waals surface area (Å²) in [5.41, 5.74) is 5.35. The molecule has 84 valence electrons. The molecule has 1 aromatic rings.